The number of hydrogen-bond acceptors (Lipinski definition) is 4. The fourth-order valence-corrected chi connectivity index (χ4v) is 6.27. The summed E-state index contributed by atoms with van der Waals surface area (Å²) in [5.74, 6) is -0.407. The highest BCUT2D eigenvalue weighted by Gasteiger charge is 2.29. The first-order valence-electron chi connectivity index (χ1n) is 12.2. The Morgan fingerprint density at radius 1 is 0.971 bits per heavy atom. The molecule has 0 aromatic heterocycles. The van der Waals surface area contributed by atoms with E-state index in [9.17, 15) is 18.0 Å². The summed E-state index contributed by atoms with van der Waals surface area (Å²) in [5.41, 5.74) is 3.23. The third-order valence-electron chi connectivity index (χ3n) is 6.60. The number of anilines is 2. The summed E-state index contributed by atoms with van der Waals surface area (Å²) in [6.07, 6.45) is 6.27. The van der Waals surface area contributed by atoms with Gasteiger partial charge in [0, 0.05) is 30.9 Å². The molecule has 0 aliphatic carbocycles. The lowest BCUT2D eigenvalue weighted by Crippen LogP contribution is -2.38. The second kappa shape index (κ2) is 10.7. The van der Waals surface area contributed by atoms with Crippen LogP contribution in [0.2, 0.25) is 0 Å². The molecule has 0 spiro atoms. The van der Waals surface area contributed by atoms with Crippen LogP contribution < -0.4 is 10.2 Å². The zero-order valence-electron chi connectivity index (χ0n) is 19.8. The molecular weight excluding hydrogens is 450 g/mol. The number of carbonyl (C=O) groups excluding carboxylic acids is 2. The van der Waals surface area contributed by atoms with E-state index in [1.54, 1.807) is 22.5 Å². The molecule has 4 rings (SSSR count). The van der Waals surface area contributed by atoms with Gasteiger partial charge < -0.3 is 10.2 Å². The lowest BCUT2D eigenvalue weighted by Gasteiger charge is -2.24. The molecule has 1 fully saturated rings. The van der Waals surface area contributed by atoms with Gasteiger partial charge in [-0.05, 0) is 73.6 Å². The lowest BCUT2D eigenvalue weighted by atomic mass is 10.1. The monoisotopic (exact) mass is 483 g/mol. The molecule has 0 atom stereocenters. The summed E-state index contributed by atoms with van der Waals surface area (Å²) >= 11 is 0. The maximum atomic E-state index is 13.3. The minimum absolute atomic E-state index is 0.111. The third-order valence-corrected chi connectivity index (χ3v) is 8.50. The first-order chi connectivity index (χ1) is 16.4. The summed E-state index contributed by atoms with van der Waals surface area (Å²) in [5, 5.41) is 2.88. The quantitative estimate of drug-likeness (QED) is 0.670. The van der Waals surface area contributed by atoms with Crippen molar-refractivity contribution >= 4 is 33.2 Å². The maximum Gasteiger partial charge on any atom is 0.244 e. The molecule has 0 bridgehead atoms. The van der Waals surface area contributed by atoms with Gasteiger partial charge in [0.1, 0.15) is 6.54 Å². The highest BCUT2D eigenvalue weighted by Crippen LogP contribution is 2.31. The van der Waals surface area contributed by atoms with Gasteiger partial charge in [0.2, 0.25) is 21.8 Å². The van der Waals surface area contributed by atoms with Gasteiger partial charge in [0.25, 0.3) is 0 Å². The Hall–Kier alpha value is -2.71. The fourth-order valence-electron chi connectivity index (χ4n) is 4.70. The van der Waals surface area contributed by atoms with Crippen LogP contribution in [0.15, 0.2) is 47.4 Å². The number of sulfonamides is 1. The zero-order valence-corrected chi connectivity index (χ0v) is 20.6. The number of rotatable bonds is 6. The van der Waals surface area contributed by atoms with Crippen molar-refractivity contribution in [2.24, 2.45) is 0 Å². The van der Waals surface area contributed by atoms with Crippen molar-refractivity contribution < 1.29 is 18.0 Å². The smallest absolute Gasteiger partial charge is 0.244 e. The molecular formula is C26H33N3O4S. The Morgan fingerprint density at radius 2 is 1.74 bits per heavy atom. The van der Waals surface area contributed by atoms with E-state index in [4.69, 9.17) is 0 Å². The Balaban J connectivity index is 1.56. The summed E-state index contributed by atoms with van der Waals surface area (Å²) in [6.45, 7) is 3.03. The van der Waals surface area contributed by atoms with Crippen molar-refractivity contribution in [2.45, 2.75) is 63.2 Å². The number of hydrogen-bond donors (Lipinski definition) is 1. The first-order valence-corrected chi connectivity index (χ1v) is 13.6. The average molecular weight is 484 g/mol. The molecule has 182 valence electrons. The molecule has 2 aliphatic heterocycles. The molecule has 34 heavy (non-hydrogen) atoms. The number of amides is 2. The molecule has 7 nitrogen and oxygen atoms in total. The van der Waals surface area contributed by atoms with E-state index in [0.717, 1.165) is 43.2 Å². The number of nitrogens with one attached hydrogen (secondary N) is 1. The lowest BCUT2D eigenvalue weighted by molar-refractivity contribution is -0.121. The molecule has 0 radical (unpaired) electrons. The van der Waals surface area contributed by atoms with Crippen molar-refractivity contribution in [2.75, 3.05) is 29.9 Å². The van der Waals surface area contributed by atoms with Crippen LogP contribution in [0.3, 0.4) is 0 Å². The van der Waals surface area contributed by atoms with Crippen LogP contribution in [0, 0.1) is 0 Å². The van der Waals surface area contributed by atoms with Crippen LogP contribution in [-0.4, -0.2) is 44.2 Å². The van der Waals surface area contributed by atoms with Gasteiger partial charge in [-0.25, -0.2) is 8.42 Å². The van der Waals surface area contributed by atoms with Gasteiger partial charge in [0.05, 0.1) is 4.90 Å². The van der Waals surface area contributed by atoms with E-state index in [-0.39, 0.29) is 23.3 Å². The van der Waals surface area contributed by atoms with Crippen LogP contribution >= 0.6 is 0 Å². The van der Waals surface area contributed by atoms with Crippen molar-refractivity contribution in [1.82, 2.24) is 4.31 Å². The summed E-state index contributed by atoms with van der Waals surface area (Å²) in [4.78, 5) is 27.4. The second-order valence-electron chi connectivity index (χ2n) is 9.04. The first kappa shape index (κ1) is 24.4. The van der Waals surface area contributed by atoms with E-state index >= 15 is 0 Å². The molecule has 8 heteroatoms. The van der Waals surface area contributed by atoms with Gasteiger partial charge in [-0.15, -0.1) is 0 Å². The van der Waals surface area contributed by atoms with Gasteiger partial charge in [0.15, 0.2) is 0 Å². The van der Waals surface area contributed by atoms with E-state index in [1.165, 1.54) is 4.90 Å². The van der Waals surface area contributed by atoms with Gasteiger partial charge in [-0.1, -0.05) is 31.9 Å². The Labute approximate surface area is 202 Å². The van der Waals surface area contributed by atoms with E-state index < -0.39 is 10.0 Å². The minimum Gasteiger partial charge on any atom is -0.325 e. The Kier molecular flexibility index (Phi) is 7.68. The number of carbonyl (C=O) groups is 2. The average Bonchev–Trinajstić information content (AvgIpc) is 3.19. The van der Waals surface area contributed by atoms with E-state index in [2.05, 4.69) is 12.2 Å². The fraction of sp³-hybridized carbons (Fsp3) is 0.462. The van der Waals surface area contributed by atoms with Crippen LogP contribution in [0.1, 0.15) is 56.6 Å². The summed E-state index contributed by atoms with van der Waals surface area (Å²) < 4.78 is 28.1. The third kappa shape index (κ3) is 5.50. The predicted molar refractivity (Wildman–Crippen MR) is 133 cm³/mol. The van der Waals surface area contributed by atoms with Crippen molar-refractivity contribution in [1.29, 1.82) is 0 Å². The van der Waals surface area contributed by atoms with Crippen molar-refractivity contribution in [3.05, 3.63) is 53.6 Å². The number of aryl methyl sites for hydroxylation is 2. The Bertz CT molecular complexity index is 1150. The second-order valence-corrected chi connectivity index (χ2v) is 11.0. The highest BCUT2D eigenvalue weighted by molar-refractivity contribution is 7.89. The largest absolute Gasteiger partial charge is 0.325 e. The topological polar surface area (TPSA) is 86.8 Å². The van der Waals surface area contributed by atoms with Crippen LogP contribution in [-0.2, 0) is 32.5 Å². The SMILES string of the molecule is CCc1cccc(NC(=O)CN2C(=O)CCCc3cc(S(=O)(=O)N4CCCCCC4)ccc32)c1. The molecule has 2 heterocycles. The molecule has 2 aromatic carbocycles. The van der Waals surface area contributed by atoms with Crippen LogP contribution in [0.25, 0.3) is 0 Å². The number of benzene rings is 2. The minimum atomic E-state index is -3.58. The zero-order chi connectivity index (χ0) is 24.1. The summed E-state index contributed by atoms with van der Waals surface area (Å²) in [6, 6.07) is 12.6. The van der Waals surface area contributed by atoms with Crippen LogP contribution in [0.4, 0.5) is 11.4 Å². The predicted octanol–water partition coefficient (Wildman–Crippen LogP) is 4.12. The molecule has 2 amide bonds. The molecule has 1 N–H and O–H groups in total. The highest BCUT2D eigenvalue weighted by atomic mass is 32.2. The number of nitrogens with zero attached hydrogens (tertiary/aromatic N) is 2. The number of fused-ring (bicyclic) bond motifs is 1. The Morgan fingerprint density at radius 3 is 2.47 bits per heavy atom. The maximum absolute atomic E-state index is 13.3. The normalized spacial score (nSPS) is 17.6. The van der Waals surface area contributed by atoms with Gasteiger partial charge >= 0.3 is 0 Å². The van der Waals surface area contributed by atoms with Crippen molar-refractivity contribution in [3.8, 4) is 0 Å². The van der Waals surface area contributed by atoms with Crippen LogP contribution in [0.5, 0.6) is 0 Å². The van der Waals surface area contributed by atoms with E-state index in [0.29, 0.717) is 43.7 Å². The van der Waals surface area contributed by atoms with Crippen molar-refractivity contribution in [3.63, 3.8) is 0 Å². The van der Waals surface area contributed by atoms with Gasteiger partial charge in [-0.3, -0.25) is 9.59 Å². The molecule has 0 saturated carbocycles. The molecule has 2 aromatic rings. The molecule has 1 saturated heterocycles. The standard InChI is InChI=1S/C26H33N3O4S/c1-2-20-9-7-11-22(17-20)27-25(30)19-29-24-14-13-23(18-21(24)10-8-12-26(29)31)34(32,33)28-15-5-3-4-6-16-28/h7,9,11,13-14,17-18H,2-6,8,10,12,15-16,19H2,1H3,(H,27,30). The molecule has 0 unspecified atom stereocenters. The van der Waals surface area contributed by atoms with Gasteiger partial charge in [-0.2, -0.15) is 4.31 Å². The summed E-state index contributed by atoms with van der Waals surface area (Å²) in [7, 11) is -3.58. The molecule has 2 aliphatic rings. The van der Waals surface area contributed by atoms with E-state index in [1.807, 2.05) is 24.3 Å².